The molecule has 2 rings (SSSR count). The molecule has 0 aliphatic carbocycles. The minimum Gasteiger partial charge on any atom is -0.474 e. The number of hydrogen-bond acceptors (Lipinski definition) is 4. The first-order chi connectivity index (χ1) is 11.3. The zero-order valence-electron chi connectivity index (χ0n) is 13.5. The van der Waals surface area contributed by atoms with E-state index in [0.29, 0.717) is 10.7 Å². The Bertz CT molecular complexity index is 792. The molecule has 7 heteroatoms. The van der Waals surface area contributed by atoms with Gasteiger partial charge in [-0.1, -0.05) is 23.7 Å². The summed E-state index contributed by atoms with van der Waals surface area (Å²) in [6, 6.07) is 9.75. The maximum atomic E-state index is 12.3. The number of halogens is 1. The lowest BCUT2D eigenvalue weighted by Crippen LogP contribution is -2.30. The van der Waals surface area contributed by atoms with Crippen molar-refractivity contribution in [1.82, 2.24) is 0 Å². The Morgan fingerprint density at radius 2 is 2.00 bits per heavy atom. The van der Waals surface area contributed by atoms with Crippen LogP contribution < -0.4 is 10.1 Å². The number of nitro benzene ring substituents is 1. The van der Waals surface area contributed by atoms with Gasteiger partial charge < -0.3 is 10.1 Å². The fourth-order valence-electron chi connectivity index (χ4n) is 2.09. The first-order valence-corrected chi connectivity index (χ1v) is 7.65. The van der Waals surface area contributed by atoms with E-state index < -0.39 is 16.9 Å². The Morgan fingerprint density at radius 3 is 2.67 bits per heavy atom. The van der Waals surface area contributed by atoms with Crippen LogP contribution in [0, 0.1) is 24.0 Å². The average Bonchev–Trinajstić information content (AvgIpc) is 2.53. The predicted molar refractivity (Wildman–Crippen MR) is 92.7 cm³/mol. The maximum Gasteiger partial charge on any atom is 0.311 e. The van der Waals surface area contributed by atoms with Crippen LogP contribution in [-0.4, -0.2) is 16.9 Å². The molecule has 0 aromatic heterocycles. The predicted octanol–water partition coefficient (Wildman–Crippen LogP) is 4.27. The van der Waals surface area contributed by atoms with Crippen molar-refractivity contribution in [1.29, 1.82) is 0 Å². The first kappa shape index (κ1) is 17.7. The summed E-state index contributed by atoms with van der Waals surface area (Å²) in [5.41, 5.74) is 1.87. The van der Waals surface area contributed by atoms with Gasteiger partial charge in [0.1, 0.15) is 0 Å². The van der Waals surface area contributed by atoms with Gasteiger partial charge in [0.25, 0.3) is 5.91 Å². The summed E-state index contributed by atoms with van der Waals surface area (Å²) in [5, 5.41) is 14.4. The Kier molecular flexibility index (Phi) is 5.41. The second-order valence-electron chi connectivity index (χ2n) is 5.39. The summed E-state index contributed by atoms with van der Waals surface area (Å²) in [5.74, 6) is -0.369. The molecule has 0 aliphatic heterocycles. The minimum absolute atomic E-state index is 0.0519. The molecule has 1 atom stereocenters. The van der Waals surface area contributed by atoms with Crippen molar-refractivity contribution >= 4 is 28.9 Å². The Morgan fingerprint density at radius 1 is 1.29 bits per heavy atom. The van der Waals surface area contributed by atoms with Crippen LogP contribution in [-0.2, 0) is 4.79 Å². The van der Waals surface area contributed by atoms with Gasteiger partial charge in [0.15, 0.2) is 11.9 Å². The molecule has 2 aromatic rings. The molecule has 2 aromatic carbocycles. The van der Waals surface area contributed by atoms with E-state index in [-0.39, 0.29) is 11.4 Å². The molecule has 0 saturated heterocycles. The molecule has 0 fully saturated rings. The number of hydrogen-bond donors (Lipinski definition) is 1. The quantitative estimate of drug-likeness (QED) is 0.646. The molecule has 0 heterocycles. The molecule has 0 saturated carbocycles. The second kappa shape index (κ2) is 7.31. The lowest BCUT2D eigenvalue weighted by atomic mass is 10.2. The third-order valence-corrected chi connectivity index (χ3v) is 3.92. The Balaban J connectivity index is 2.15. The Hall–Kier alpha value is -2.60. The molecular weight excluding hydrogens is 332 g/mol. The average molecular weight is 349 g/mol. The third-order valence-electron chi connectivity index (χ3n) is 3.51. The van der Waals surface area contributed by atoms with Crippen LogP contribution in [0.15, 0.2) is 36.4 Å². The number of nitrogens with zero attached hydrogens (tertiary/aromatic N) is 1. The number of nitrogens with one attached hydrogen (secondary N) is 1. The van der Waals surface area contributed by atoms with Gasteiger partial charge in [-0.3, -0.25) is 14.9 Å². The number of carbonyl (C=O) groups excluding carboxylic acids is 1. The highest BCUT2D eigenvalue weighted by Gasteiger charge is 2.21. The molecule has 0 spiro atoms. The van der Waals surface area contributed by atoms with Crippen LogP contribution in [0.1, 0.15) is 18.1 Å². The van der Waals surface area contributed by atoms with Crippen molar-refractivity contribution in [3.05, 3.63) is 62.7 Å². The summed E-state index contributed by atoms with van der Waals surface area (Å²) < 4.78 is 5.48. The van der Waals surface area contributed by atoms with Crippen LogP contribution in [0.4, 0.5) is 11.4 Å². The molecule has 0 radical (unpaired) electrons. The van der Waals surface area contributed by atoms with Gasteiger partial charge in [-0.15, -0.1) is 0 Å². The second-order valence-corrected chi connectivity index (χ2v) is 5.80. The van der Waals surface area contributed by atoms with Gasteiger partial charge in [-0.05, 0) is 50.1 Å². The van der Waals surface area contributed by atoms with Gasteiger partial charge in [0.05, 0.1) is 4.92 Å². The third kappa shape index (κ3) is 4.02. The van der Waals surface area contributed by atoms with E-state index in [2.05, 4.69) is 5.32 Å². The molecule has 6 nitrogen and oxygen atoms in total. The van der Waals surface area contributed by atoms with E-state index in [1.54, 1.807) is 38.1 Å². The molecule has 0 aliphatic rings. The zero-order chi connectivity index (χ0) is 17.9. The topological polar surface area (TPSA) is 81.5 Å². The molecule has 1 N–H and O–H groups in total. The van der Waals surface area contributed by atoms with Gasteiger partial charge in [0.2, 0.25) is 0 Å². The summed E-state index contributed by atoms with van der Waals surface area (Å²) in [6.45, 7) is 5.06. The largest absolute Gasteiger partial charge is 0.474 e. The van der Waals surface area contributed by atoms with Gasteiger partial charge in [-0.25, -0.2) is 0 Å². The fourth-order valence-corrected chi connectivity index (χ4v) is 2.27. The van der Waals surface area contributed by atoms with Crippen LogP contribution >= 0.6 is 11.6 Å². The normalized spacial score (nSPS) is 11.7. The monoisotopic (exact) mass is 348 g/mol. The van der Waals surface area contributed by atoms with Crippen LogP contribution in [0.2, 0.25) is 5.02 Å². The lowest BCUT2D eigenvalue weighted by molar-refractivity contribution is -0.386. The summed E-state index contributed by atoms with van der Waals surface area (Å²) in [4.78, 5) is 22.9. The molecule has 126 valence electrons. The highest BCUT2D eigenvalue weighted by molar-refractivity contribution is 6.31. The summed E-state index contributed by atoms with van der Waals surface area (Å²) in [7, 11) is 0. The lowest BCUT2D eigenvalue weighted by Gasteiger charge is -2.16. The number of benzene rings is 2. The number of nitro groups is 1. The van der Waals surface area contributed by atoms with Crippen LogP contribution in [0.25, 0.3) is 0 Å². The number of amides is 1. The summed E-state index contributed by atoms with van der Waals surface area (Å²) in [6.07, 6.45) is -0.912. The highest BCUT2D eigenvalue weighted by atomic mass is 35.5. The molecule has 0 unspecified atom stereocenters. The van der Waals surface area contributed by atoms with Gasteiger partial charge >= 0.3 is 5.69 Å². The molecular formula is C17H17ClN2O4. The maximum absolute atomic E-state index is 12.3. The smallest absolute Gasteiger partial charge is 0.311 e. The number of carbonyl (C=O) groups is 1. The van der Waals surface area contributed by atoms with E-state index in [1.165, 1.54) is 19.1 Å². The van der Waals surface area contributed by atoms with Crippen LogP contribution in [0.3, 0.4) is 0 Å². The number of ether oxygens (including phenoxy) is 1. The fraction of sp³-hybridized carbons (Fsp3) is 0.235. The SMILES string of the molecule is Cc1ccc(O[C@H](C)C(=O)Nc2cccc(Cl)c2C)c([N+](=O)[O-])c1. The van der Waals surface area contributed by atoms with Gasteiger partial charge in [-0.2, -0.15) is 0 Å². The van der Waals surface area contributed by atoms with Crippen molar-refractivity contribution in [2.75, 3.05) is 5.32 Å². The van der Waals surface area contributed by atoms with E-state index in [0.717, 1.165) is 11.1 Å². The number of anilines is 1. The standard InChI is InChI=1S/C17H17ClN2O4/c1-10-7-8-16(15(9-10)20(22)23)24-12(3)17(21)19-14-6-4-5-13(18)11(14)2/h4-9,12H,1-3H3,(H,19,21)/t12-/m1/s1. The highest BCUT2D eigenvalue weighted by Crippen LogP contribution is 2.29. The molecule has 24 heavy (non-hydrogen) atoms. The number of rotatable bonds is 5. The van der Waals surface area contributed by atoms with Gasteiger partial charge in [0, 0.05) is 16.8 Å². The molecule has 0 bridgehead atoms. The van der Waals surface area contributed by atoms with E-state index >= 15 is 0 Å². The number of aryl methyl sites for hydroxylation is 1. The minimum atomic E-state index is -0.912. The van der Waals surface area contributed by atoms with Crippen molar-refractivity contribution in [2.24, 2.45) is 0 Å². The van der Waals surface area contributed by atoms with E-state index in [4.69, 9.17) is 16.3 Å². The van der Waals surface area contributed by atoms with Crippen molar-refractivity contribution in [3.63, 3.8) is 0 Å². The van der Waals surface area contributed by atoms with Crippen LogP contribution in [0.5, 0.6) is 5.75 Å². The van der Waals surface area contributed by atoms with Crippen molar-refractivity contribution in [2.45, 2.75) is 26.9 Å². The molecule has 1 amide bonds. The van der Waals surface area contributed by atoms with E-state index in [9.17, 15) is 14.9 Å². The van der Waals surface area contributed by atoms with E-state index in [1.807, 2.05) is 0 Å². The van der Waals surface area contributed by atoms with Crippen molar-refractivity contribution < 1.29 is 14.5 Å². The Labute approximate surface area is 144 Å². The zero-order valence-corrected chi connectivity index (χ0v) is 14.3. The first-order valence-electron chi connectivity index (χ1n) is 7.27. The van der Waals surface area contributed by atoms with Crippen molar-refractivity contribution in [3.8, 4) is 5.75 Å². The summed E-state index contributed by atoms with van der Waals surface area (Å²) >= 11 is 6.02.